The van der Waals surface area contributed by atoms with Crippen LogP contribution in [0, 0.1) is 0 Å². The van der Waals surface area contributed by atoms with Gasteiger partial charge in [-0.1, -0.05) is 17.7 Å². The standard InChI is InChI=1S/C20H18ClN3O6.Na.H/c21-13-2-4-14(5-3-13)30-16-6-1-12(9-22-16)11-24-8-7-15(25)18(20(24)29)19(28)23-10-17(26)27;;/h1-6,9,25H,7-8,10-11H2,(H,23,28)(H,26,27);;/q;+1;-1. The van der Waals surface area contributed by atoms with E-state index in [4.69, 9.17) is 21.4 Å². The molecule has 3 N–H and O–H groups in total. The van der Waals surface area contributed by atoms with Crippen molar-refractivity contribution in [3.05, 3.63) is 64.5 Å². The number of amides is 2. The van der Waals surface area contributed by atoms with Crippen molar-refractivity contribution in [3.8, 4) is 11.6 Å². The Bertz CT molecular complexity index is 1000. The Kier molecular flexibility index (Phi) is 8.88. The molecule has 0 radical (unpaired) electrons. The van der Waals surface area contributed by atoms with E-state index in [0.29, 0.717) is 22.2 Å². The number of benzene rings is 1. The van der Waals surface area contributed by atoms with Gasteiger partial charge in [0.05, 0.1) is 0 Å². The molecule has 0 saturated carbocycles. The van der Waals surface area contributed by atoms with Crippen molar-refractivity contribution in [2.75, 3.05) is 13.1 Å². The molecule has 2 aromatic rings. The number of hydrogen-bond donors (Lipinski definition) is 3. The molecular weight excluding hydrogens is 437 g/mol. The fourth-order valence-electron chi connectivity index (χ4n) is 2.78. The number of halogens is 1. The molecule has 1 aromatic carbocycles. The molecule has 9 nitrogen and oxygen atoms in total. The molecule has 0 spiro atoms. The number of carboxylic acids is 1. The van der Waals surface area contributed by atoms with Gasteiger partial charge in [-0.2, -0.15) is 0 Å². The predicted molar refractivity (Wildman–Crippen MR) is 107 cm³/mol. The number of ether oxygens (including phenoxy) is 1. The van der Waals surface area contributed by atoms with Gasteiger partial charge in [0.1, 0.15) is 23.6 Å². The van der Waals surface area contributed by atoms with Crippen molar-refractivity contribution >= 4 is 29.4 Å². The van der Waals surface area contributed by atoms with Crippen LogP contribution in [-0.2, 0) is 20.9 Å². The Morgan fingerprint density at radius 1 is 1.23 bits per heavy atom. The van der Waals surface area contributed by atoms with Crippen LogP contribution in [0.1, 0.15) is 13.4 Å². The van der Waals surface area contributed by atoms with Crippen molar-refractivity contribution in [2.24, 2.45) is 0 Å². The number of hydrogen-bond acceptors (Lipinski definition) is 6. The summed E-state index contributed by atoms with van der Waals surface area (Å²) in [6.45, 7) is -0.276. The first-order valence-corrected chi connectivity index (χ1v) is 9.31. The minimum Gasteiger partial charge on any atom is -1.00 e. The molecular formula is C20H19ClN3NaO6. The molecule has 3 rings (SSSR count). The Morgan fingerprint density at radius 3 is 2.55 bits per heavy atom. The number of aromatic nitrogens is 1. The van der Waals surface area contributed by atoms with Crippen LogP contribution in [0.15, 0.2) is 53.9 Å². The van der Waals surface area contributed by atoms with Gasteiger partial charge in [0, 0.05) is 36.8 Å². The molecule has 11 heteroatoms. The summed E-state index contributed by atoms with van der Waals surface area (Å²) in [5.74, 6) is -2.28. The first kappa shape index (κ1) is 24.7. The molecule has 158 valence electrons. The van der Waals surface area contributed by atoms with Gasteiger partial charge in [-0.25, -0.2) is 4.98 Å². The summed E-state index contributed by atoms with van der Waals surface area (Å²) in [6, 6.07) is 10.2. The topological polar surface area (TPSA) is 129 Å². The molecule has 1 aliphatic heterocycles. The van der Waals surface area contributed by atoms with Gasteiger partial charge in [0.15, 0.2) is 0 Å². The molecule has 1 aromatic heterocycles. The average molecular weight is 456 g/mol. The second kappa shape index (κ2) is 11.1. The van der Waals surface area contributed by atoms with Crippen LogP contribution >= 0.6 is 11.6 Å². The third-order valence-corrected chi connectivity index (χ3v) is 4.49. The van der Waals surface area contributed by atoms with Gasteiger partial charge in [0.2, 0.25) is 5.88 Å². The zero-order chi connectivity index (χ0) is 21.7. The Morgan fingerprint density at radius 2 is 1.94 bits per heavy atom. The number of pyridine rings is 1. The van der Waals surface area contributed by atoms with E-state index in [1.54, 1.807) is 42.6 Å². The van der Waals surface area contributed by atoms with Gasteiger partial charge in [0.25, 0.3) is 11.8 Å². The van der Waals surface area contributed by atoms with E-state index in [-0.39, 0.29) is 56.3 Å². The molecule has 31 heavy (non-hydrogen) atoms. The third-order valence-electron chi connectivity index (χ3n) is 4.24. The third kappa shape index (κ3) is 6.70. The van der Waals surface area contributed by atoms with E-state index in [1.165, 1.54) is 4.90 Å². The molecule has 2 amide bonds. The van der Waals surface area contributed by atoms with Gasteiger partial charge in [-0.15, -0.1) is 0 Å². The Labute approximate surface area is 206 Å². The summed E-state index contributed by atoms with van der Waals surface area (Å²) in [6.07, 6.45) is 1.63. The number of aliphatic hydroxyl groups excluding tert-OH is 1. The van der Waals surface area contributed by atoms with Crippen LogP contribution in [-0.4, -0.2) is 51.0 Å². The second-order valence-corrected chi connectivity index (χ2v) is 6.87. The van der Waals surface area contributed by atoms with Crippen molar-refractivity contribution in [2.45, 2.75) is 13.0 Å². The SMILES string of the molecule is O=C(O)CNC(=O)C1=C(O)CCN(Cc2ccc(Oc3ccc(Cl)cc3)nc2)C1=O.[H-].[Na+]. The van der Waals surface area contributed by atoms with E-state index in [2.05, 4.69) is 10.3 Å². The molecule has 0 aliphatic carbocycles. The zero-order valence-corrected chi connectivity index (χ0v) is 19.4. The van der Waals surface area contributed by atoms with E-state index >= 15 is 0 Å². The number of nitrogens with one attached hydrogen (secondary N) is 1. The maximum absolute atomic E-state index is 12.6. The van der Waals surface area contributed by atoms with Crippen LogP contribution < -0.4 is 39.6 Å². The number of nitrogens with zero attached hydrogens (tertiary/aromatic N) is 2. The molecule has 0 atom stereocenters. The van der Waals surface area contributed by atoms with E-state index in [1.807, 2.05) is 0 Å². The minimum atomic E-state index is -1.25. The minimum absolute atomic E-state index is 0. The van der Waals surface area contributed by atoms with E-state index in [0.717, 1.165) is 0 Å². The van der Waals surface area contributed by atoms with E-state index in [9.17, 15) is 19.5 Å². The molecule has 0 saturated heterocycles. The van der Waals surface area contributed by atoms with Crippen LogP contribution in [0.4, 0.5) is 0 Å². The van der Waals surface area contributed by atoms with Gasteiger partial charge in [-0.05, 0) is 29.8 Å². The first-order chi connectivity index (χ1) is 14.3. The smallest absolute Gasteiger partial charge is 1.00 e. The van der Waals surface area contributed by atoms with Gasteiger partial charge >= 0.3 is 35.5 Å². The number of carbonyl (C=O) groups is 3. The number of aliphatic hydroxyl groups is 1. The molecule has 0 bridgehead atoms. The van der Waals surface area contributed by atoms with E-state index < -0.39 is 29.9 Å². The second-order valence-electron chi connectivity index (χ2n) is 6.44. The summed E-state index contributed by atoms with van der Waals surface area (Å²) < 4.78 is 5.62. The van der Waals surface area contributed by atoms with Crippen molar-refractivity contribution in [3.63, 3.8) is 0 Å². The van der Waals surface area contributed by atoms with Crippen molar-refractivity contribution in [1.82, 2.24) is 15.2 Å². The Balaban J connectivity index is 0.00000256. The zero-order valence-electron chi connectivity index (χ0n) is 17.7. The molecule has 1 aliphatic rings. The fourth-order valence-corrected chi connectivity index (χ4v) is 2.91. The number of aliphatic carboxylic acids is 1. The number of carbonyl (C=O) groups excluding carboxylic acids is 2. The molecule has 0 fully saturated rings. The molecule has 2 heterocycles. The summed E-state index contributed by atoms with van der Waals surface area (Å²) in [4.78, 5) is 40.9. The Hall–Kier alpha value is -2.59. The van der Waals surface area contributed by atoms with Crippen molar-refractivity contribution in [1.29, 1.82) is 0 Å². The number of rotatable bonds is 7. The normalized spacial score (nSPS) is 13.5. The maximum Gasteiger partial charge on any atom is 1.00 e. The molecule has 0 unspecified atom stereocenters. The summed E-state index contributed by atoms with van der Waals surface area (Å²) in [7, 11) is 0. The van der Waals surface area contributed by atoms with Gasteiger partial charge in [-0.3, -0.25) is 14.4 Å². The fraction of sp³-hybridized carbons (Fsp3) is 0.200. The van der Waals surface area contributed by atoms with Crippen molar-refractivity contribution < 1.29 is 60.3 Å². The average Bonchev–Trinajstić information content (AvgIpc) is 2.72. The summed E-state index contributed by atoms with van der Waals surface area (Å²) >= 11 is 5.84. The maximum atomic E-state index is 12.6. The monoisotopic (exact) mass is 455 g/mol. The predicted octanol–water partition coefficient (Wildman–Crippen LogP) is -0.611. The summed E-state index contributed by atoms with van der Waals surface area (Å²) in [5, 5.41) is 21.3. The largest absolute Gasteiger partial charge is 1.00 e. The van der Waals surface area contributed by atoms with Crippen LogP contribution in [0.2, 0.25) is 5.02 Å². The summed E-state index contributed by atoms with van der Waals surface area (Å²) in [5.41, 5.74) is 0.247. The van der Waals surface area contributed by atoms with Crippen LogP contribution in [0.3, 0.4) is 0 Å². The van der Waals surface area contributed by atoms with Crippen LogP contribution in [0.25, 0.3) is 0 Å². The van der Waals surface area contributed by atoms with Crippen LogP contribution in [0.5, 0.6) is 11.6 Å². The number of carboxylic acid groups (broad SMARTS) is 1. The first-order valence-electron chi connectivity index (χ1n) is 8.93. The van der Waals surface area contributed by atoms with Gasteiger partial charge < -0.3 is 26.6 Å². The quantitative estimate of drug-likeness (QED) is 0.375.